The maximum atomic E-state index is 11.9. The monoisotopic (exact) mass is 292 g/mol. The number of imidazole rings is 1. The second-order valence-electron chi connectivity index (χ2n) is 4.42. The Morgan fingerprint density at radius 1 is 1.45 bits per heavy atom. The minimum atomic E-state index is -0.178. The van der Waals surface area contributed by atoms with Crippen molar-refractivity contribution < 1.29 is 4.79 Å². The number of amides is 1. The number of hydrogen-bond acceptors (Lipinski definition) is 3. The Morgan fingerprint density at radius 3 is 3.05 bits per heavy atom. The summed E-state index contributed by atoms with van der Waals surface area (Å²) in [5.74, 6) is -0.178. The van der Waals surface area contributed by atoms with Gasteiger partial charge in [0.15, 0.2) is 0 Å². The number of aromatic nitrogens is 2. The normalized spacial score (nSPS) is 10.5. The van der Waals surface area contributed by atoms with Crippen molar-refractivity contribution in [1.29, 1.82) is 0 Å². The summed E-state index contributed by atoms with van der Waals surface area (Å²) in [5.41, 5.74) is 6.94. The van der Waals surface area contributed by atoms with Crippen LogP contribution in [0.3, 0.4) is 0 Å². The van der Waals surface area contributed by atoms with Gasteiger partial charge in [-0.2, -0.15) is 0 Å². The molecule has 0 spiro atoms. The third kappa shape index (κ3) is 4.08. The maximum absolute atomic E-state index is 11.9. The largest absolute Gasteiger partial charge is 0.350 e. The van der Waals surface area contributed by atoms with Crippen LogP contribution >= 0.6 is 11.6 Å². The molecule has 2 aromatic rings. The zero-order chi connectivity index (χ0) is 14.4. The standard InChI is InChI=1S/C14H17ClN4O/c15-12-3-1-2-11(8-12)4-6-17-14(20)13-9-19(7-5-16)10-18-13/h1-3,8-10H,4-7,16H2,(H,17,20). The molecule has 0 aliphatic carbocycles. The molecule has 0 saturated heterocycles. The number of benzene rings is 1. The van der Waals surface area contributed by atoms with Crippen molar-refractivity contribution in [2.45, 2.75) is 13.0 Å². The second kappa shape index (κ2) is 7.07. The van der Waals surface area contributed by atoms with Gasteiger partial charge in [0.05, 0.1) is 6.33 Å². The Hall–Kier alpha value is -1.85. The highest BCUT2D eigenvalue weighted by Crippen LogP contribution is 2.10. The molecule has 20 heavy (non-hydrogen) atoms. The third-order valence-corrected chi connectivity index (χ3v) is 3.08. The number of carbonyl (C=O) groups excluding carboxylic acids is 1. The lowest BCUT2D eigenvalue weighted by molar-refractivity contribution is 0.0949. The average molecular weight is 293 g/mol. The lowest BCUT2D eigenvalue weighted by Crippen LogP contribution is -2.26. The zero-order valence-corrected chi connectivity index (χ0v) is 11.8. The Balaban J connectivity index is 1.82. The molecule has 106 valence electrons. The topological polar surface area (TPSA) is 72.9 Å². The van der Waals surface area contributed by atoms with Gasteiger partial charge in [0.1, 0.15) is 5.69 Å². The highest BCUT2D eigenvalue weighted by atomic mass is 35.5. The highest BCUT2D eigenvalue weighted by molar-refractivity contribution is 6.30. The number of carbonyl (C=O) groups is 1. The summed E-state index contributed by atoms with van der Waals surface area (Å²) in [6.45, 7) is 1.72. The van der Waals surface area contributed by atoms with Gasteiger partial charge in [-0.1, -0.05) is 23.7 Å². The summed E-state index contributed by atoms with van der Waals surface area (Å²) in [7, 11) is 0. The van der Waals surface area contributed by atoms with E-state index in [-0.39, 0.29) is 5.91 Å². The number of nitrogens with zero attached hydrogens (tertiary/aromatic N) is 2. The fraction of sp³-hybridized carbons (Fsp3) is 0.286. The molecule has 3 N–H and O–H groups in total. The van der Waals surface area contributed by atoms with Crippen LogP contribution in [0.25, 0.3) is 0 Å². The van der Waals surface area contributed by atoms with Crippen molar-refractivity contribution in [3.63, 3.8) is 0 Å². The van der Waals surface area contributed by atoms with Crippen molar-refractivity contribution >= 4 is 17.5 Å². The van der Waals surface area contributed by atoms with E-state index in [4.69, 9.17) is 17.3 Å². The van der Waals surface area contributed by atoms with Gasteiger partial charge in [-0.3, -0.25) is 4.79 Å². The van der Waals surface area contributed by atoms with Gasteiger partial charge in [0.2, 0.25) is 0 Å². The van der Waals surface area contributed by atoms with E-state index in [1.54, 1.807) is 17.1 Å². The Morgan fingerprint density at radius 2 is 2.30 bits per heavy atom. The first-order chi connectivity index (χ1) is 9.69. The molecule has 2 rings (SSSR count). The van der Waals surface area contributed by atoms with Gasteiger partial charge >= 0.3 is 0 Å². The smallest absolute Gasteiger partial charge is 0.271 e. The van der Waals surface area contributed by atoms with Crippen LogP contribution in [-0.2, 0) is 13.0 Å². The van der Waals surface area contributed by atoms with Crippen molar-refractivity contribution in [3.8, 4) is 0 Å². The number of halogens is 1. The lowest BCUT2D eigenvalue weighted by Gasteiger charge is -2.04. The van der Waals surface area contributed by atoms with Gasteiger partial charge in [0, 0.05) is 30.9 Å². The minimum absolute atomic E-state index is 0.178. The first kappa shape index (κ1) is 14.6. The molecule has 0 atom stereocenters. The fourth-order valence-corrected chi connectivity index (χ4v) is 2.06. The van der Waals surface area contributed by atoms with Crippen LogP contribution in [0.5, 0.6) is 0 Å². The van der Waals surface area contributed by atoms with Gasteiger partial charge in [-0.15, -0.1) is 0 Å². The van der Waals surface area contributed by atoms with Crippen LogP contribution in [-0.4, -0.2) is 28.5 Å². The highest BCUT2D eigenvalue weighted by Gasteiger charge is 2.08. The molecule has 0 radical (unpaired) electrons. The first-order valence-corrected chi connectivity index (χ1v) is 6.81. The molecule has 1 aromatic carbocycles. The molecule has 0 unspecified atom stereocenters. The molecular weight excluding hydrogens is 276 g/mol. The fourth-order valence-electron chi connectivity index (χ4n) is 1.85. The first-order valence-electron chi connectivity index (χ1n) is 6.43. The molecule has 1 amide bonds. The van der Waals surface area contributed by atoms with E-state index in [0.29, 0.717) is 30.4 Å². The Labute approximate surface area is 122 Å². The van der Waals surface area contributed by atoms with Crippen LogP contribution < -0.4 is 11.1 Å². The average Bonchev–Trinajstić information content (AvgIpc) is 2.88. The predicted molar refractivity (Wildman–Crippen MR) is 78.8 cm³/mol. The SMILES string of the molecule is NCCn1cnc(C(=O)NCCc2cccc(Cl)c2)c1. The quantitative estimate of drug-likeness (QED) is 0.847. The van der Waals surface area contributed by atoms with Crippen LogP contribution in [0, 0.1) is 0 Å². The zero-order valence-electron chi connectivity index (χ0n) is 11.1. The molecule has 6 heteroatoms. The van der Waals surface area contributed by atoms with E-state index >= 15 is 0 Å². The summed E-state index contributed by atoms with van der Waals surface area (Å²) < 4.78 is 1.80. The van der Waals surface area contributed by atoms with Crippen molar-refractivity contribution in [3.05, 3.63) is 53.1 Å². The summed E-state index contributed by atoms with van der Waals surface area (Å²) in [6.07, 6.45) is 4.04. The third-order valence-electron chi connectivity index (χ3n) is 2.84. The van der Waals surface area contributed by atoms with Gasteiger partial charge in [-0.05, 0) is 24.1 Å². The van der Waals surface area contributed by atoms with E-state index in [1.807, 2.05) is 24.3 Å². The molecule has 0 bridgehead atoms. The number of hydrogen-bond donors (Lipinski definition) is 2. The molecule has 0 aliphatic rings. The number of rotatable bonds is 6. The molecule has 1 aromatic heterocycles. The number of nitrogens with two attached hydrogens (primary N) is 1. The summed E-state index contributed by atoms with van der Waals surface area (Å²) in [6, 6.07) is 7.60. The molecule has 0 aliphatic heterocycles. The van der Waals surface area contributed by atoms with Crippen molar-refractivity contribution in [2.24, 2.45) is 5.73 Å². The second-order valence-corrected chi connectivity index (χ2v) is 4.86. The Bertz CT molecular complexity index is 582. The number of nitrogens with one attached hydrogen (secondary N) is 1. The predicted octanol–water partition coefficient (Wildman–Crippen LogP) is 1.47. The van der Waals surface area contributed by atoms with Crippen LogP contribution in [0.15, 0.2) is 36.8 Å². The van der Waals surface area contributed by atoms with Gasteiger partial charge < -0.3 is 15.6 Å². The molecule has 0 saturated carbocycles. The Kier molecular flexibility index (Phi) is 5.15. The molecular formula is C14H17ClN4O. The summed E-state index contributed by atoms with van der Waals surface area (Å²) >= 11 is 5.90. The van der Waals surface area contributed by atoms with Crippen LogP contribution in [0.1, 0.15) is 16.1 Å². The minimum Gasteiger partial charge on any atom is -0.350 e. The van der Waals surface area contributed by atoms with E-state index < -0.39 is 0 Å². The summed E-state index contributed by atoms with van der Waals surface area (Å²) in [5, 5.41) is 3.54. The van der Waals surface area contributed by atoms with Crippen molar-refractivity contribution in [1.82, 2.24) is 14.9 Å². The van der Waals surface area contributed by atoms with Gasteiger partial charge in [-0.25, -0.2) is 4.98 Å². The summed E-state index contributed by atoms with van der Waals surface area (Å²) in [4.78, 5) is 15.9. The van der Waals surface area contributed by atoms with E-state index in [2.05, 4.69) is 10.3 Å². The molecule has 1 heterocycles. The van der Waals surface area contributed by atoms with Crippen LogP contribution in [0.2, 0.25) is 5.02 Å². The van der Waals surface area contributed by atoms with E-state index in [0.717, 1.165) is 12.0 Å². The van der Waals surface area contributed by atoms with Crippen molar-refractivity contribution in [2.75, 3.05) is 13.1 Å². The lowest BCUT2D eigenvalue weighted by atomic mass is 10.1. The van der Waals surface area contributed by atoms with E-state index in [1.165, 1.54) is 0 Å². The van der Waals surface area contributed by atoms with Gasteiger partial charge in [0.25, 0.3) is 5.91 Å². The molecule has 5 nitrogen and oxygen atoms in total. The molecule has 0 fully saturated rings. The van der Waals surface area contributed by atoms with E-state index in [9.17, 15) is 4.79 Å². The maximum Gasteiger partial charge on any atom is 0.271 e. The van der Waals surface area contributed by atoms with Crippen LogP contribution in [0.4, 0.5) is 0 Å².